The van der Waals surface area contributed by atoms with Crippen LogP contribution in [0.15, 0.2) is 30.9 Å². The van der Waals surface area contributed by atoms with Gasteiger partial charge in [-0.25, -0.2) is 9.97 Å². The molecule has 0 aliphatic carbocycles. The standard InChI is InChI=1S/C20H26N8OS/c1-4-27(6-7-29-5-2)13-16-8-18(30-26-16)25-19-20-21-11-17(15-9-22-23-10-15)28(20)12-14(3)24-19/h8-12H,4-7,13H2,1-3H3,(H,22,23)(H,24,25). The van der Waals surface area contributed by atoms with Crippen LogP contribution in [0.2, 0.25) is 0 Å². The monoisotopic (exact) mass is 426 g/mol. The molecule has 0 atom stereocenters. The van der Waals surface area contributed by atoms with Gasteiger partial charge in [0.2, 0.25) is 0 Å². The van der Waals surface area contributed by atoms with Gasteiger partial charge in [-0.3, -0.25) is 14.4 Å². The third-order valence-corrected chi connectivity index (χ3v) is 5.54. The van der Waals surface area contributed by atoms with Crippen molar-refractivity contribution in [3.8, 4) is 11.3 Å². The molecule has 0 spiro atoms. The third kappa shape index (κ3) is 4.50. The predicted molar refractivity (Wildman–Crippen MR) is 118 cm³/mol. The second kappa shape index (κ2) is 9.33. The highest BCUT2D eigenvalue weighted by atomic mass is 32.1. The van der Waals surface area contributed by atoms with E-state index in [0.29, 0.717) is 5.82 Å². The number of likely N-dealkylation sites (N-methyl/N-ethyl adjacent to an activating group) is 1. The first-order chi connectivity index (χ1) is 14.7. The minimum atomic E-state index is 0.712. The van der Waals surface area contributed by atoms with Crippen molar-refractivity contribution in [3.05, 3.63) is 42.2 Å². The molecule has 2 N–H and O–H groups in total. The lowest BCUT2D eigenvalue weighted by molar-refractivity contribution is 0.112. The van der Waals surface area contributed by atoms with E-state index >= 15 is 0 Å². The van der Waals surface area contributed by atoms with Crippen LogP contribution in [0, 0.1) is 6.92 Å². The van der Waals surface area contributed by atoms with Crippen LogP contribution in [0.5, 0.6) is 0 Å². The molecule has 0 unspecified atom stereocenters. The summed E-state index contributed by atoms with van der Waals surface area (Å²) in [6, 6.07) is 2.08. The van der Waals surface area contributed by atoms with Crippen molar-refractivity contribution in [2.75, 3.05) is 31.6 Å². The molecule has 0 aliphatic heterocycles. The lowest BCUT2D eigenvalue weighted by atomic mass is 10.3. The summed E-state index contributed by atoms with van der Waals surface area (Å²) in [7, 11) is 0. The number of rotatable bonds is 10. The van der Waals surface area contributed by atoms with Crippen LogP contribution in [0.4, 0.5) is 10.8 Å². The number of imidazole rings is 1. The van der Waals surface area contributed by atoms with Crippen molar-refractivity contribution in [1.29, 1.82) is 0 Å². The smallest absolute Gasteiger partial charge is 0.180 e. The van der Waals surface area contributed by atoms with Crippen molar-refractivity contribution in [1.82, 2.24) is 33.8 Å². The number of hydrogen-bond donors (Lipinski definition) is 2. The molecule has 30 heavy (non-hydrogen) atoms. The van der Waals surface area contributed by atoms with Gasteiger partial charge in [-0.1, -0.05) is 6.92 Å². The fraction of sp³-hybridized carbons (Fsp3) is 0.400. The van der Waals surface area contributed by atoms with Gasteiger partial charge in [0.05, 0.1) is 36.1 Å². The van der Waals surface area contributed by atoms with E-state index in [2.05, 4.69) is 47.7 Å². The predicted octanol–water partition coefficient (Wildman–Crippen LogP) is 3.49. The normalized spacial score (nSPS) is 11.6. The molecule has 0 saturated carbocycles. The highest BCUT2D eigenvalue weighted by Crippen LogP contribution is 2.27. The number of aryl methyl sites for hydroxylation is 1. The summed E-state index contributed by atoms with van der Waals surface area (Å²) in [5.74, 6) is 0.712. The Kier molecular flexibility index (Phi) is 6.36. The topological polar surface area (TPSA) is 96.3 Å². The fourth-order valence-corrected chi connectivity index (χ4v) is 3.93. The molecule has 4 aromatic heterocycles. The lowest BCUT2D eigenvalue weighted by Gasteiger charge is -2.18. The number of aromatic nitrogens is 6. The van der Waals surface area contributed by atoms with Gasteiger partial charge in [-0.2, -0.15) is 9.47 Å². The minimum Gasteiger partial charge on any atom is -0.380 e. The quantitative estimate of drug-likeness (QED) is 0.375. The molecule has 10 heteroatoms. The number of aromatic amines is 1. The average Bonchev–Trinajstić information content (AvgIpc) is 3.48. The highest BCUT2D eigenvalue weighted by Gasteiger charge is 2.14. The first-order valence-electron chi connectivity index (χ1n) is 10.0. The molecule has 0 bridgehead atoms. The summed E-state index contributed by atoms with van der Waals surface area (Å²) in [6.07, 6.45) is 7.45. The Morgan fingerprint density at radius 3 is 2.97 bits per heavy atom. The molecule has 0 aliphatic rings. The average molecular weight is 427 g/mol. The fourth-order valence-electron chi connectivity index (χ4n) is 3.28. The van der Waals surface area contributed by atoms with Crippen molar-refractivity contribution in [2.45, 2.75) is 27.3 Å². The number of nitrogens with one attached hydrogen (secondary N) is 2. The number of H-pyrrole nitrogens is 1. The molecule has 4 aromatic rings. The molecule has 9 nitrogen and oxygen atoms in total. The molecule has 4 rings (SSSR count). The zero-order chi connectivity index (χ0) is 20.9. The van der Waals surface area contributed by atoms with Crippen molar-refractivity contribution >= 4 is 28.0 Å². The zero-order valence-electron chi connectivity index (χ0n) is 17.4. The van der Waals surface area contributed by atoms with Gasteiger partial charge < -0.3 is 10.1 Å². The summed E-state index contributed by atoms with van der Waals surface area (Å²) in [5.41, 5.74) is 4.63. The van der Waals surface area contributed by atoms with Crippen molar-refractivity contribution in [3.63, 3.8) is 0 Å². The van der Waals surface area contributed by atoms with Gasteiger partial charge in [-0.05, 0) is 38.0 Å². The van der Waals surface area contributed by atoms with Gasteiger partial charge in [0.1, 0.15) is 5.00 Å². The first kappa shape index (κ1) is 20.5. The van der Waals surface area contributed by atoms with Crippen molar-refractivity contribution < 1.29 is 4.74 Å². The molecule has 0 saturated heterocycles. The second-order valence-corrected chi connectivity index (χ2v) is 7.73. The highest BCUT2D eigenvalue weighted by molar-refractivity contribution is 7.10. The van der Waals surface area contributed by atoms with Crippen LogP contribution in [0.1, 0.15) is 25.2 Å². The van der Waals surface area contributed by atoms with Crippen LogP contribution in [-0.4, -0.2) is 60.1 Å². The van der Waals surface area contributed by atoms with E-state index in [9.17, 15) is 0 Å². The van der Waals surface area contributed by atoms with E-state index in [1.807, 2.05) is 36.8 Å². The van der Waals surface area contributed by atoms with E-state index in [-0.39, 0.29) is 0 Å². The van der Waals surface area contributed by atoms with Crippen LogP contribution < -0.4 is 5.32 Å². The zero-order valence-corrected chi connectivity index (χ0v) is 18.2. The Morgan fingerprint density at radius 2 is 2.20 bits per heavy atom. The SMILES string of the molecule is CCOCCN(CC)Cc1cc(Nc2nc(C)cn3c(-c4cn[nH]c4)cnc23)sn1. The van der Waals surface area contributed by atoms with E-state index in [0.717, 1.165) is 66.1 Å². The van der Waals surface area contributed by atoms with Crippen LogP contribution in [0.3, 0.4) is 0 Å². The van der Waals surface area contributed by atoms with Gasteiger partial charge in [-0.15, -0.1) is 0 Å². The van der Waals surface area contributed by atoms with Gasteiger partial charge in [0.15, 0.2) is 11.5 Å². The Bertz CT molecular complexity index is 1090. The van der Waals surface area contributed by atoms with E-state index in [1.54, 1.807) is 6.20 Å². The molecule has 0 fully saturated rings. The maximum atomic E-state index is 5.47. The third-order valence-electron chi connectivity index (χ3n) is 4.80. The summed E-state index contributed by atoms with van der Waals surface area (Å²) in [5, 5.41) is 11.2. The van der Waals surface area contributed by atoms with E-state index < -0.39 is 0 Å². The minimum absolute atomic E-state index is 0.712. The Morgan fingerprint density at radius 1 is 1.30 bits per heavy atom. The number of fused-ring (bicyclic) bond motifs is 1. The molecule has 0 aromatic carbocycles. The van der Waals surface area contributed by atoms with Crippen molar-refractivity contribution in [2.24, 2.45) is 0 Å². The molecule has 0 amide bonds. The van der Waals surface area contributed by atoms with Gasteiger partial charge >= 0.3 is 0 Å². The number of nitrogens with zero attached hydrogens (tertiary/aromatic N) is 6. The largest absolute Gasteiger partial charge is 0.380 e. The number of hydrogen-bond acceptors (Lipinski definition) is 8. The molecule has 4 heterocycles. The van der Waals surface area contributed by atoms with E-state index in [4.69, 9.17) is 4.74 Å². The Hall–Kier alpha value is -2.82. The van der Waals surface area contributed by atoms with Gasteiger partial charge in [0, 0.05) is 37.7 Å². The second-order valence-electron chi connectivity index (χ2n) is 6.93. The maximum Gasteiger partial charge on any atom is 0.180 e. The number of anilines is 2. The molecular formula is C20H26N8OS. The lowest BCUT2D eigenvalue weighted by Crippen LogP contribution is -2.27. The van der Waals surface area contributed by atoms with Gasteiger partial charge in [0.25, 0.3) is 0 Å². The van der Waals surface area contributed by atoms with Crippen LogP contribution >= 0.6 is 11.5 Å². The summed E-state index contributed by atoms with van der Waals surface area (Å²) < 4.78 is 12.1. The summed E-state index contributed by atoms with van der Waals surface area (Å²) in [6.45, 7) is 10.3. The number of ether oxygens (including phenoxy) is 1. The van der Waals surface area contributed by atoms with E-state index in [1.165, 1.54) is 11.5 Å². The van der Waals surface area contributed by atoms with Crippen LogP contribution in [0.25, 0.3) is 16.9 Å². The molecular weight excluding hydrogens is 400 g/mol. The maximum absolute atomic E-state index is 5.47. The molecule has 158 valence electrons. The molecule has 0 radical (unpaired) electrons. The first-order valence-corrected chi connectivity index (χ1v) is 10.8. The Labute approximate surface area is 179 Å². The summed E-state index contributed by atoms with van der Waals surface area (Å²) in [4.78, 5) is 11.6. The summed E-state index contributed by atoms with van der Waals surface area (Å²) >= 11 is 1.43. The van der Waals surface area contributed by atoms with Crippen LogP contribution in [-0.2, 0) is 11.3 Å². The Balaban J connectivity index is 1.52.